The lowest BCUT2D eigenvalue weighted by molar-refractivity contribution is 0.346. The fourth-order valence-corrected chi connectivity index (χ4v) is 1.92. The SMILES string of the molecule is O=[Si](Oc1ccc(F)cc1)Oc1ccc(F)cc1. The molecule has 2 rings (SSSR count). The Labute approximate surface area is 103 Å². The van der Waals surface area contributed by atoms with Crippen molar-refractivity contribution < 1.29 is 22.1 Å². The Bertz CT molecular complexity index is 491. The molecule has 0 unspecified atom stereocenters. The minimum Gasteiger partial charge on any atom is -0.459 e. The Hall–Kier alpha value is -2.08. The summed E-state index contributed by atoms with van der Waals surface area (Å²) in [6.45, 7) is 0. The van der Waals surface area contributed by atoms with E-state index in [2.05, 4.69) is 0 Å². The standard InChI is InChI=1S/C12H8F2O3Si/c13-9-1-5-11(6-2-9)16-18(15)17-12-7-3-10(14)4-8-12/h1-8H. The van der Waals surface area contributed by atoms with E-state index < -0.39 is 20.8 Å². The molecular weight excluding hydrogens is 258 g/mol. The first-order valence-corrected chi connectivity index (χ1v) is 6.27. The molecule has 0 aliphatic carbocycles. The smallest absolute Gasteiger partial charge is 0.459 e. The lowest BCUT2D eigenvalue weighted by atomic mass is 10.3. The molecule has 0 aromatic heterocycles. The summed E-state index contributed by atoms with van der Waals surface area (Å²) in [5, 5.41) is 0. The average molecular weight is 266 g/mol. The van der Waals surface area contributed by atoms with Gasteiger partial charge in [-0.2, -0.15) is 0 Å². The van der Waals surface area contributed by atoms with Crippen LogP contribution in [0.15, 0.2) is 48.5 Å². The third-order valence-corrected chi connectivity index (χ3v) is 2.83. The quantitative estimate of drug-likeness (QED) is 0.798. The number of benzene rings is 2. The van der Waals surface area contributed by atoms with E-state index in [4.69, 9.17) is 8.85 Å². The summed E-state index contributed by atoms with van der Waals surface area (Å²) in [5.74, 6) is -0.354. The zero-order chi connectivity index (χ0) is 13.0. The Morgan fingerprint density at radius 2 is 1.06 bits per heavy atom. The summed E-state index contributed by atoms with van der Waals surface area (Å²) >= 11 is 0. The molecule has 0 saturated heterocycles. The lowest BCUT2D eigenvalue weighted by Crippen LogP contribution is -2.19. The van der Waals surface area contributed by atoms with Gasteiger partial charge in [0.15, 0.2) is 0 Å². The normalized spacial score (nSPS) is 9.89. The molecule has 0 N–H and O–H groups in total. The van der Waals surface area contributed by atoms with Crippen molar-refractivity contribution in [2.75, 3.05) is 0 Å². The van der Waals surface area contributed by atoms with E-state index in [-0.39, 0.29) is 11.5 Å². The van der Waals surface area contributed by atoms with Crippen LogP contribution in [0.25, 0.3) is 0 Å². The molecule has 6 heteroatoms. The molecule has 3 nitrogen and oxygen atoms in total. The van der Waals surface area contributed by atoms with Crippen molar-refractivity contribution >= 4 is 9.17 Å². The van der Waals surface area contributed by atoms with Crippen molar-refractivity contribution in [2.45, 2.75) is 0 Å². The van der Waals surface area contributed by atoms with Crippen molar-refractivity contribution in [1.29, 1.82) is 0 Å². The largest absolute Gasteiger partial charge is 0.778 e. The molecule has 92 valence electrons. The molecule has 0 bridgehead atoms. The molecule has 2 aromatic rings. The Morgan fingerprint density at radius 3 is 1.39 bits per heavy atom. The van der Waals surface area contributed by atoms with Crippen molar-refractivity contribution in [3.05, 3.63) is 60.2 Å². The van der Waals surface area contributed by atoms with Gasteiger partial charge in [-0.3, -0.25) is 4.46 Å². The van der Waals surface area contributed by atoms with Crippen LogP contribution in [0.4, 0.5) is 8.78 Å². The van der Waals surface area contributed by atoms with E-state index in [1.807, 2.05) is 0 Å². The first kappa shape index (κ1) is 12.4. The van der Waals surface area contributed by atoms with Crippen LogP contribution >= 0.6 is 0 Å². The maximum Gasteiger partial charge on any atom is 0.778 e. The molecule has 0 radical (unpaired) electrons. The maximum absolute atomic E-state index is 12.6. The summed E-state index contributed by atoms with van der Waals surface area (Å²) in [6, 6.07) is 10.1. The zero-order valence-electron chi connectivity index (χ0n) is 9.10. The third-order valence-electron chi connectivity index (χ3n) is 2.03. The topological polar surface area (TPSA) is 35.5 Å². The monoisotopic (exact) mass is 266 g/mol. The van der Waals surface area contributed by atoms with E-state index in [0.717, 1.165) is 0 Å². The second-order valence-electron chi connectivity index (χ2n) is 3.36. The second kappa shape index (κ2) is 5.50. The van der Waals surface area contributed by atoms with Gasteiger partial charge in [-0.15, -0.1) is 0 Å². The van der Waals surface area contributed by atoms with E-state index in [9.17, 15) is 13.2 Å². The summed E-state index contributed by atoms with van der Waals surface area (Å²) in [7, 11) is -2.81. The Morgan fingerprint density at radius 1 is 0.722 bits per heavy atom. The number of hydrogen-bond donors (Lipinski definition) is 0. The van der Waals surface area contributed by atoms with Gasteiger partial charge < -0.3 is 8.85 Å². The molecule has 0 aliphatic rings. The van der Waals surface area contributed by atoms with Crippen LogP contribution in [0.2, 0.25) is 0 Å². The zero-order valence-corrected chi connectivity index (χ0v) is 10.1. The molecule has 0 fully saturated rings. The summed E-state index contributed by atoms with van der Waals surface area (Å²) < 4.78 is 46.7. The molecule has 0 heterocycles. The number of rotatable bonds is 4. The summed E-state index contributed by atoms with van der Waals surface area (Å²) in [4.78, 5) is 0. The van der Waals surface area contributed by atoms with E-state index in [0.29, 0.717) is 0 Å². The van der Waals surface area contributed by atoms with Gasteiger partial charge in [0, 0.05) is 0 Å². The van der Waals surface area contributed by atoms with Gasteiger partial charge in [0.1, 0.15) is 23.1 Å². The van der Waals surface area contributed by atoms with Gasteiger partial charge in [0.05, 0.1) is 0 Å². The van der Waals surface area contributed by atoms with Crippen molar-refractivity contribution in [3.8, 4) is 11.5 Å². The molecule has 0 saturated carbocycles. The maximum atomic E-state index is 12.6. The van der Waals surface area contributed by atoms with Crippen LogP contribution in [0.1, 0.15) is 0 Å². The highest BCUT2D eigenvalue weighted by atomic mass is 28.3. The van der Waals surface area contributed by atoms with Crippen molar-refractivity contribution in [3.63, 3.8) is 0 Å². The predicted octanol–water partition coefficient (Wildman–Crippen LogP) is 2.84. The molecule has 0 atom stereocenters. The van der Waals surface area contributed by atoms with Crippen LogP contribution in [0.5, 0.6) is 11.5 Å². The van der Waals surface area contributed by atoms with Crippen molar-refractivity contribution in [1.82, 2.24) is 0 Å². The minimum absolute atomic E-state index is 0.238. The van der Waals surface area contributed by atoms with Gasteiger partial charge in [0.25, 0.3) is 0 Å². The van der Waals surface area contributed by atoms with E-state index in [1.54, 1.807) is 0 Å². The Kier molecular flexibility index (Phi) is 3.78. The molecule has 0 aliphatic heterocycles. The van der Waals surface area contributed by atoms with Crippen LogP contribution in [-0.4, -0.2) is 9.17 Å². The van der Waals surface area contributed by atoms with Crippen LogP contribution < -0.4 is 8.85 Å². The second-order valence-corrected chi connectivity index (χ2v) is 4.27. The Balaban J connectivity index is 1.96. The molecule has 0 amide bonds. The van der Waals surface area contributed by atoms with Crippen LogP contribution in [0.3, 0.4) is 0 Å². The number of hydrogen-bond acceptors (Lipinski definition) is 3. The van der Waals surface area contributed by atoms with E-state index >= 15 is 0 Å². The van der Waals surface area contributed by atoms with Gasteiger partial charge in [-0.25, -0.2) is 8.78 Å². The van der Waals surface area contributed by atoms with Crippen LogP contribution in [-0.2, 0) is 4.46 Å². The highest BCUT2D eigenvalue weighted by Crippen LogP contribution is 2.14. The first-order chi connectivity index (χ1) is 8.63. The predicted molar refractivity (Wildman–Crippen MR) is 60.5 cm³/mol. The average Bonchev–Trinajstić information content (AvgIpc) is 2.35. The first-order valence-electron chi connectivity index (χ1n) is 5.04. The van der Waals surface area contributed by atoms with Gasteiger partial charge in [-0.05, 0) is 48.5 Å². The fraction of sp³-hybridized carbons (Fsp3) is 0. The van der Waals surface area contributed by atoms with Gasteiger partial charge >= 0.3 is 9.17 Å². The number of halogens is 2. The van der Waals surface area contributed by atoms with Crippen molar-refractivity contribution in [2.24, 2.45) is 0 Å². The summed E-state index contributed by atoms with van der Waals surface area (Å²) in [5.41, 5.74) is 0. The van der Waals surface area contributed by atoms with Gasteiger partial charge in [0.2, 0.25) is 0 Å². The minimum atomic E-state index is -2.81. The third kappa shape index (κ3) is 3.46. The molecule has 2 aromatic carbocycles. The highest BCUT2D eigenvalue weighted by molar-refractivity contribution is 6.28. The van der Waals surface area contributed by atoms with Gasteiger partial charge in [-0.1, -0.05) is 0 Å². The fourth-order valence-electron chi connectivity index (χ4n) is 1.22. The van der Waals surface area contributed by atoms with E-state index in [1.165, 1.54) is 48.5 Å². The molecular formula is C12H8F2O3Si. The highest BCUT2D eigenvalue weighted by Gasteiger charge is 2.14. The lowest BCUT2D eigenvalue weighted by Gasteiger charge is -2.04. The molecule has 18 heavy (non-hydrogen) atoms. The molecule has 0 spiro atoms. The summed E-state index contributed by atoms with van der Waals surface area (Å²) in [6.07, 6.45) is 0. The van der Waals surface area contributed by atoms with Crippen LogP contribution in [0, 0.1) is 11.6 Å².